The molecule has 4 nitrogen and oxygen atoms in total. The second-order valence-corrected chi connectivity index (χ2v) is 6.15. The number of hydrogen-bond acceptors (Lipinski definition) is 4. The smallest absolute Gasteiger partial charge is 0.363 e. The molecule has 0 N–H and O–H groups in total. The first-order chi connectivity index (χ1) is 10.6. The van der Waals surface area contributed by atoms with Gasteiger partial charge in [0, 0.05) is 5.92 Å². The minimum Gasteiger partial charge on any atom is -0.496 e. The lowest BCUT2D eigenvalue weighted by molar-refractivity contribution is -0.130. The third-order valence-corrected chi connectivity index (χ3v) is 4.27. The first-order valence-corrected chi connectivity index (χ1v) is 7.79. The maximum absolute atomic E-state index is 11.9. The Hall–Kier alpha value is -2.10. The summed E-state index contributed by atoms with van der Waals surface area (Å²) in [6.07, 6.45) is 5.12. The van der Waals surface area contributed by atoms with E-state index in [2.05, 4.69) is 18.8 Å². The summed E-state index contributed by atoms with van der Waals surface area (Å²) in [6.45, 7) is 4.23. The highest BCUT2D eigenvalue weighted by Gasteiger charge is 2.32. The Morgan fingerprint density at radius 1 is 1.36 bits per heavy atom. The number of methoxy groups -OCH3 is 1. The van der Waals surface area contributed by atoms with Gasteiger partial charge in [0.2, 0.25) is 5.90 Å². The Kier molecular flexibility index (Phi) is 4.01. The molecule has 0 spiro atoms. The molecule has 2 aliphatic rings. The van der Waals surface area contributed by atoms with E-state index in [1.54, 1.807) is 13.2 Å². The molecule has 0 radical (unpaired) electrons. The summed E-state index contributed by atoms with van der Waals surface area (Å²) in [5.41, 5.74) is 2.45. The van der Waals surface area contributed by atoms with Gasteiger partial charge in [-0.25, -0.2) is 9.79 Å². The van der Waals surface area contributed by atoms with Gasteiger partial charge in [0.05, 0.1) is 7.11 Å². The lowest BCUT2D eigenvalue weighted by Crippen LogP contribution is -2.22. The number of rotatable bonds is 4. The number of carbonyl (C=O) groups is 1. The fourth-order valence-electron chi connectivity index (χ4n) is 2.71. The van der Waals surface area contributed by atoms with Gasteiger partial charge in [-0.05, 0) is 48.1 Å². The maximum Gasteiger partial charge on any atom is 0.363 e. The Morgan fingerprint density at radius 2 is 2.14 bits per heavy atom. The van der Waals surface area contributed by atoms with Gasteiger partial charge < -0.3 is 9.47 Å². The van der Waals surface area contributed by atoms with Crippen LogP contribution in [0.4, 0.5) is 0 Å². The van der Waals surface area contributed by atoms with Crippen LogP contribution in [-0.4, -0.2) is 19.0 Å². The SMILES string of the molecule is COc1ccc(/C=C2/N=C(C3CCC3)OC2=O)cc1C(C)C. The third kappa shape index (κ3) is 2.78. The van der Waals surface area contributed by atoms with Gasteiger partial charge in [-0.2, -0.15) is 0 Å². The zero-order valence-electron chi connectivity index (χ0n) is 13.3. The summed E-state index contributed by atoms with van der Waals surface area (Å²) in [6, 6.07) is 5.90. The van der Waals surface area contributed by atoms with Crippen LogP contribution in [-0.2, 0) is 9.53 Å². The number of hydrogen-bond donors (Lipinski definition) is 0. The van der Waals surface area contributed by atoms with Gasteiger partial charge in [0.1, 0.15) is 5.75 Å². The Bertz CT molecular complexity index is 654. The van der Waals surface area contributed by atoms with Crippen LogP contribution in [0.5, 0.6) is 5.75 Å². The molecular weight excluding hydrogens is 278 g/mol. The van der Waals surface area contributed by atoms with E-state index in [1.807, 2.05) is 18.2 Å². The maximum atomic E-state index is 11.9. The molecule has 3 rings (SSSR count). The van der Waals surface area contributed by atoms with E-state index < -0.39 is 0 Å². The highest BCUT2D eigenvalue weighted by atomic mass is 16.6. The Balaban J connectivity index is 1.89. The first kappa shape index (κ1) is 14.8. The zero-order chi connectivity index (χ0) is 15.7. The summed E-state index contributed by atoms with van der Waals surface area (Å²) in [7, 11) is 1.67. The molecule has 0 saturated heterocycles. The van der Waals surface area contributed by atoms with Crippen LogP contribution in [0.2, 0.25) is 0 Å². The number of cyclic esters (lactones) is 1. The molecule has 1 heterocycles. The van der Waals surface area contributed by atoms with E-state index >= 15 is 0 Å². The van der Waals surface area contributed by atoms with E-state index in [4.69, 9.17) is 9.47 Å². The van der Waals surface area contributed by atoms with Crippen LogP contribution in [0.3, 0.4) is 0 Å². The predicted octanol–water partition coefficient (Wildman–Crippen LogP) is 3.91. The van der Waals surface area contributed by atoms with Crippen molar-refractivity contribution in [3.8, 4) is 5.75 Å². The second-order valence-electron chi connectivity index (χ2n) is 6.15. The molecule has 1 aromatic carbocycles. The lowest BCUT2D eigenvalue weighted by atomic mass is 9.85. The van der Waals surface area contributed by atoms with Crippen LogP contribution in [0, 0.1) is 5.92 Å². The lowest BCUT2D eigenvalue weighted by Gasteiger charge is -2.23. The molecule has 0 amide bonds. The molecule has 1 saturated carbocycles. The van der Waals surface area contributed by atoms with E-state index in [0.717, 1.165) is 29.7 Å². The number of benzene rings is 1. The van der Waals surface area contributed by atoms with Crippen LogP contribution in [0.1, 0.15) is 50.2 Å². The van der Waals surface area contributed by atoms with Gasteiger partial charge in [-0.3, -0.25) is 0 Å². The van der Waals surface area contributed by atoms with E-state index in [9.17, 15) is 4.79 Å². The quantitative estimate of drug-likeness (QED) is 0.625. The van der Waals surface area contributed by atoms with Crippen LogP contribution in [0.15, 0.2) is 28.9 Å². The molecular formula is C18H21NO3. The van der Waals surface area contributed by atoms with E-state index in [1.165, 1.54) is 6.42 Å². The van der Waals surface area contributed by atoms with E-state index in [0.29, 0.717) is 23.4 Å². The highest BCUT2D eigenvalue weighted by Crippen LogP contribution is 2.32. The molecule has 0 unspecified atom stereocenters. The van der Waals surface area contributed by atoms with Crippen molar-refractivity contribution in [1.82, 2.24) is 0 Å². The van der Waals surface area contributed by atoms with E-state index in [-0.39, 0.29) is 5.97 Å². The second kappa shape index (κ2) is 5.95. The Morgan fingerprint density at radius 3 is 2.73 bits per heavy atom. The molecule has 0 aromatic heterocycles. The van der Waals surface area contributed by atoms with Gasteiger partial charge in [0.15, 0.2) is 5.70 Å². The van der Waals surface area contributed by atoms with Gasteiger partial charge in [-0.1, -0.05) is 26.3 Å². The molecule has 4 heteroatoms. The zero-order valence-corrected chi connectivity index (χ0v) is 13.3. The summed E-state index contributed by atoms with van der Waals surface area (Å²) < 4.78 is 10.7. The first-order valence-electron chi connectivity index (χ1n) is 7.79. The molecule has 1 aromatic rings. The standard InChI is InChI=1S/C18H21NO3/c1-11(2)14-9-12(7-8-16(14)21-3)10-15-18(20)22-17(19-15)13-5-4-6-13/h7-11,13H,4-6H2,1-3H3/b15-10+. The number of ether oxygens (including phenoxy) is 2. The fourth-order valence-corrected chi connectivity index (χ4v) is 2.71. The highest BCUT2D eigenvalue weighted by molar-refractivity contribution is 6.08. The van der Waals surface area contributed by atoms with Gasteiger partial charge in [-0.15, -0.1) is 0 Å². The summed E-state index contributed by atoms with van der Waals surface area (Å²) in [5.74, 6) is 1.79. The number of aliphatic imine (C=N–C) groups is 1. The van der Waals surface area contributed by atoms with Crippen molar-refractivity contribution in [2.24, 2.45) is 10.9 Å². The average Bonchev–Trinajstić information content (AvgIpc) is 2.77. The van der Waals surface area contributed by atoms with Crippen molar-refractivity contribution in [2.75, 3.05) is 7.11 Å². The van der Waals surface area contributed by atoms with Gasteiger partial charge in [0.25, 0.3) is 0 Å². The number of esters is 1. The van der Waals surface area contributed by atoms with Gasteiger partial charge >= 0.3 is 5.97 Å². The monoisotopic (exact) mass is 299 g/mol. The minimum atomic E-state index is -0.344. The minimum absolute atomic E-state index is 0.331. The van der Waals surface area contributed by atoms with Crippen molar-refractivity contribution in [3.63, 3.8) is 0 Å². The molecule has 0 atom stereocenters. The topological polar surface area (TPSA) is 47.9 Å². The van der Waals surface area contributed by atoms with Crippen molar-refractivity contribution >= 4 is 17.9 Å². The molecule has 116 valence electrons. The third-order valence-electron chi connectivity index (χ3n) is 4.27. The summed E-state index contributed by atoms with van der Waals surface area (Å²) in [5, 5.41) is 0. The van der Waals surface area contributed by atoms with Crippen LogP contribution >= 0.6 is 0 Å². The normalized spacial score (nSPS) is 20.1. The molecule has 0 bridgehead atoms. The fraction of sp³-hybridized carbons (Fsp3) is 0.444. The van der Waals surface area contributed by atoms with Crippen molar-refractivity contribution in [3.05, 3.63) is 35.0 Å². The number of nitrogens with zero attached hydrogens (tertiary/aromatic N) is 1. The van der Waals surface area contributed by atoms with Crippen molar-refractivity contribution < 1.29 is 14.3 Å². The average molecular weight is 299 g/mol. The number of carbonyl (C=O) groups excluding carboxylic acids is 1. The van der Waals surface area contributed by atoms with Crippen molar-refractivity contribution in [1.29, 1.82) is 0 Å². The largest absolute Gasteiger partial charge is 0.496 e. The molecule has 1 aliphatic carbocycles. The summed E-state index contributed by atoms with van der Waals surface area (Å²) >= 11 is 0. The summed E-state index contributed by atoms with van der Waals surface area (Å²) in [4.78, 5) is 16.3. The predicted molar refractivity (Wildman–Crippen MR) is 85.9 cm³/mol. The Labute approximate surface area is 130 Å². The van der Waals surface area contributed by atoms with Crippen molar-refractivity contribution in [2.45, 2.75) is 39.0 Å². The van der Waals surface area contributed by atoms with Crippen LogP contribution < -0.4 is 4.74 Å². The molecule has 22 heavy (non-hydrogen) atoms. The molecule has 1 fully saturated rings. The van der Waals surface area contributed by atoms with Crippen LogP contribution in [0.25, 0.3) is 6.08 Å². The molecule has 1 aliphatic heterocycles.